The Labute approximate surface area is 140 Å². The maximum atomic E-state index is 12.4. The Morgan fingerprint density at radius 1 is 1.26 bits per heavy atom. The van der Waals surface area contributed by atoms with Crippen LogP contribution in [0.15, 0.2) is 29.6 Å². The van der Waals surface area contributed by atoms with Crippen molar-refractivity contribution in [2.24, 2.45) is 5.92 Å². The second-order valence-electron chi connectivity index (χ2n) is 5.74. The molecule has 5 nitrogen and oxygen atoms in total. The predicted molar refractivity (Wildman–Crippen MR) is 93.4 cm³/mol. The second kappa shape index (κ2) is 7.37. The normalized spacial score (nSPS) is 12.0. The van der Waals surface area contributed by atoms with Gasteiger partial charge in [0, 0.05) is 23.6 Å². The Balaban J connectivity index is 2.16. The standard InChI is InChI=1S/C17H21N3O2S/c1-10(2)16(18-11(3)21)17(22)20-14-7-5-6-13(8-14)15-9-23-12(4)19-15/h5-10,16H,1-4H3,(H,18,21)(H,20,22)/t16-/m0/s1. The Hall–Kier alpha value is -2.21. The molecule has 0 bridgehead atoms. The van der Waals surface area contributed by atoms with E-state index in [-0.39, 0.29) is 17.7 Å². The molecule has 2 rings (SSSR count). The smallest absolute Gasteiger partial charge is 0.247 e. The number of hydrogen-bond acceptors (Lipinski definition) is 4. The van der Waals surface area contributed by atoms with Crippen LogP contribution in [-0.2, 0) is 9.59 Å². The van der Waals surface area contributed by atoms with Crippen molar-refractivity contribution < 1.29 is 9.59 Å². The number of aromatic nitrogens is 1. The molecule has 1 aromatic carbocycles. The summed E-state index contributed by atoms with van der Waals surface area (Å²) in [7, 11) is 0. The van der Waals surface area contributed by atoms with Gasteiger partial charge in [0.25, 0.3) is 0 Å². The fourth-order valence-corrected chi connectivity index (χ4v) is 2.85. The van der Waals surface area contributed by atoms with Gasteiger partial charge in [0.15, 0.2) is 0 Å². The first-order valence-electron chi connectivity index (χ1n) is 7.47. The molecule has 0 saturated heterocycles. The van der Waals surface area contributed by atoms with Crippen LogP contribution in [0.5, 0.6) is 0 Å². The number of hydrogen-bond donors (Lipinski definition) is 2. The van der Waals surface area contributed by atoms with Crippen molar-refractivity contribution in [3.63, 3.8) is 0 Å². The predicted octanol–water partition coefficient (Wildman–Crippen LogP) is 3.22. The van der Waals surface area contributed by atoms with Crippen molar-refractivity contribution in [1.29, 1.82) is 0 Å². The van der Waals surface area contributed by atoms with Gasteiger partial charge in [-0.25, -0.2) is 4.98 Å². The monoisotopic (exact) mass is 331 g/mol. The lowest BCUT2D eigenvalue weighted by atomic mass is 10.0. The minimum atomic E-state index is -0.558. The van der Waals surface area contributed by atoms with E-state index in [9.17, 15) is 9.59 Å². The zero-order valence-electron chi connectivity index (χ0n) is 13.7. The van der Waals surface area contributed by atoms with Crippen molar-refractivity contribution in [3.05, 3.63) is 34.7 Å². The summed E-state index contributed by atoms with van der Waals surface area (Å²) >= 11 is 1.59. The molecule has 0 spiro atoms. The molecule has 0 aliphatic heterocycles. The van der Waals surface area contributed by atoms with E-state index in [4.69, 9.17) is 0 Å². The average Bonchev–Trinajstić information content (AvgIpc) is 2.91. The lowest BCUT2D eigenvalue weighted by molar-refractivity contribution is -0.126. The lowest BCUT2D eigenvalue weighted by Gasteiger charge is -2.21. The van der Waals surface area contributed by atoms with Gasteiger partial charge < -0.3 is 10.6 Å². The molecule has 6 heteroatoms. The van der Waals surface area contributed by atoms with E-state index < -0.39 is 6.04 Å². The Bertz CT molecular complexity index is 709. The Morgan fingerprint density at radius 3 is 2.57 bits per heavy atom. The fraction of sp³-hybridized carbons (Fsp3) is 0.353. The molecule has 1 aromatic heterocycles. The average molecular weight is 331 g/mol. The van der Waals surface area contributed by atoms with Crippen LogP contribution >= 0.6 is 11.3 Å². The topological polar surface area (TPSA) is 71.1 Å². The SMILES string of the molecule is CC(=O)N[C@H](C(=O)Nc1cccc(-c2csc(C)n2)c1)C(C)C. The number of benzene rings is 1. The summed E-state index contributed by atoms with van der Waals surface area (Å²) in [6, 6.07) is 6.99. The van der Waals surface area contributed by atoms with E-state index in [1.165, 1.54) is 6.92 Å². The Kier molecular flexibility index (Phi) is 5.50. The van der Waals surface area contributed by atoms with Crippen molar-refractivity contribution >= 4 is 28.8 Å². The number of nitrogens with zero attached hydrogens (tertiary/aromatic N) is 1. The molecule has 0 aliphatic rings. The van der Waals surface area contributed by atoms with Gasteiger partial charge in [0.1, 0.15) is 6.04 Å². The number of amides is 2. The number of aryl methyl sites for hydroxylation is 1. The molecular weight excluding hydrogens is 310 g/mol. The van der Waals surface area contributed by atoms with Gasteiger partial charge in [-0.15, -0.1) is 11.3 Å². The molecular formula is C17H21N3O2S. The quantitative estimate of drug-likeness (QED) is 0.884. The van der Waals surface area contributed by atoms with Crippen LogP contribution < -0.4 is 10.6 Å². The highest BCUT2D eigenvalue weighted by Gasteiger charge is 2.23. The summed E-state index contributed by atoms with van der Waals surface area (Å²) in [4.78, 5) is 28.1. The van der Waals surface area contributed by atoms with Crippen LogP contribution in [0, 0.1) is 12.8 Å². The van der Waals surface area contributed by atoms with Gasteiger partial charge in [-0.1, -0.05) is 26.0 Å². The fourth-order valence-electron chi connectivity index (χ4n) is 2.23. The Morgan fingerprint density at radius 2 is 2.00 bits per heavy atom. The third kappa shape index (κ3) is 4.63. The van der Waals surface area contributed by atoms with E-state index in [1.807, 2.05) is 50.4 Å². The van der Waals surface area contributed by atoms with Crippen LogP contribution in [0.2, 0.25) is 0 Å². The van der Waals surface area contributed by atoms with E-state index in [0.717, 1.165) is 16.3 Å². The first-order chi connectivity index (χ1) is 10.9. The first-order valence-corrected chi connectivity index (χ1v) is 8.35. The highest BCUT2D eigenvalue weighted by Crippen LogP contribution is 2.24. The molecule has 122 valence electrons. The number of anilines is 1. The molecule has 23 heavy (non-hydrogen) atoms. The molecule has 2 aromatic rings. The van der Waals surface area contributed by atoms with E-state index in [1.54, 1.807) is 11.3 Å². The zero-order valence-corrected chi connectivity index (χ0v) is 14.5. The van der Waals surface area contributed by atoms with Crippen molar-refractivity contribution in [1.82, 2.24) is 10.3 Å². The van der Waals surface area contributed by atoms with Crippen LogP contribution in [0.1, 0.15) is 25.8 Å². The third-order valence-corrected chi connectivity index (χ3v) is 4.13. The van der Waals surface area contributed by atoms with Gasteiger partial charge in [-0.3, -0.25) is 9.59 Å². The summed E-state index contributed by atoms with van der Waals surface area (Å²) in [6.45, 7) is 7.16. The molecule has 0 saturated carbocycles. The lowest BCUT2D eigenvalue weighted by Crippen LogP contribution is -2.46. The van der Waals surface area contributed by atoms with Gasteiger partial charge >= 0.3 is 0 Å². The number of carbonyl (C=O) groups excluding carboxylic acids is 2. The largest absolute Gasteiger partial charge is 0.344 e. The summed E-state index contributed by atoms with van der Waals surface area (Å²) in [5.74, 6) is -0.435. The summed E-state index contributed by atoms with van der Waals surface area (Å²) < 4.78 is 0. The second-order valence-corrected chi connectivity index (χ2v) is 6.81. The van der Waals surface area contributed by atoms with Crippen molar-refractivity contribution in [2.75, 3.05) is 5.32 Å². The van der Waals surface area contributed by atoms with Crippen LogP contribution in [0.3, 0.4) is 0 Å². The maximum absolute atomic E-state index is 12.4. The van der Waals surface area contributed by atoms with Gasteiger partial charge in [0.2, 0.25) is 11.8 Å². The summed E-state index contributed by atoms with van der Waals surface area (Å²) in [5.41, 5.74) is 2.53. The molecule has 2 N–H and O–H groups in total. The zero-order chi connectivity index (χ0) is 17.0. The minimum Gasteiger partial charge on any atom is -0.344 e. The van der Waals surface area contributed by atoms with Crippen molar-refractivity contribution in [2.45, 2.75) is 33.7 Å². The van der Waals surface area contributed by atoms with Gasteiger partial charge in [-0.05, 0) is 25.0 Å². The van der Waals surface area contributed by atoms with Gasteiger partial charge in [-0.2, -0.15) is 0 Å². The van der Waals surface area contributed by atoms with Crippen molar-refractivity contribution in [3.8, 4) is 11.3 Å². The molecule has 1 atom stereocenters. The highest BCUT2D eigenvalue weighted by atomic mass is 32.1. The molecule has 0 radical (unpaired) electrons. The van der Waals surface area contributed by atoms with Crippen LogP contribution in [0.25, 0.3) is 11.3 Å². The number of rotatable bonds is 5. The van der Waals surface area contributed by atoms with E-state index in [2.05, 4.69) is 15.6 Å². The number of nitrogens with one attached hydrogen (secondary N) is 2. The van der Waals surface area contributed by atoms with Gasteiger partial charge in [0.05, 0.1) is 10.7 Å². The molecule has 1 heterocycles. The van der Waals surface area contributed by atoms with E-state index in [0.29, 0.717) is 5.69 Å². The van der Waals surface area contributed by atoms with Crippen LogP contribution in [0.4, 0.5) is 5.69 Å². The number of carbonyl (C=O) groups is 2. The van der Waals surface area contributed by atoms with Crippen LogP contribution in [-0.4, -0.2) is 22.8 Å². The maximum Gasteiger partial charge on any atom is 0.247 e. The number of thiazole rings is 1. The summed E-state index contributed by atoms with van der Waals surface area (Å²) in [5, 5.41) is 8.55. The minimum absolute atomic E-state index is 0.00303. The third-order valence-electron chi connectivity index (χ3n) is 3.35. The molecule has 2 amide bonds. The molecule has 0 fully saturated rings. The first kappa shape index (κ1) is 17.1. The summed E-state index contributed by atoms with van der Waals surface area (Å²) in [6.07, 6.45) is 0. The molecule has 0 unspecified atom stereocenters. The van der Waals surface area contributed by atoms with E-state index >= 15 is 0 Å². The highest BCUT2D eigenvalue weighted by molar-refractivity contribution is 7.09. The molecule has 0 aliphatic carbocycles.